The number of aryl methyl sites for hydroxylation is 1. The topological polar surface area (TPSA) is 55.1 Å². The molecule has 2 aromatic heterocycles. The van der Waals surface area contributed by atoms with Crippen LogP contribution in [0, 0.1) is 6.92 Å². The van der Waals surface area contributed by atoms with Crippen molar-refractivity contribution >= 4 is 5.82 Å². The zero-order chi connectivity index (χ0) is 15.6. The average molecular weight is 306 g/mol. The molecule has 3 aromatic rings. The number of nitrogens with zero attached hydrogens (tertiary/aromatic N) is 4. The number of benzene rings is 1. The largest absolute Gasteiger partial charge is 0.350 e. The Labute approximate surface area is 135 Å². The van der Waals surface area contributed by atoms with Crippen LogP contribution in [0.4, 0.5) is 5.82 Å². The summed E-state index contributed by atoms with van der Waals surface area (Å²) in [7, 11) is 0. The zero-order valence-electron chi connectivity index (χ0n) is 13.0. The van der Waals surface area contributed by atoms with Gasteiger partial charge in [0.05, 0.1) is 6.04 Å². The van der Waals surface area contributed by atoms with E-state index in [4.69, 9.17) is 4.52 Å². The zero-order valence-corrected chi connectivity index (χ0v) is 13.0. The third kappa shape index (κ3) is 2.70. The lowest BCUT2D eigenvalue weighted by Crippen LogP contribution is -2.23. The summed E-state index contributed by atoms with van der Waals surface area (Å²) in [4.78, 5) is 11.2. The molecule has 23 heavy (non-hydrogen) atoms. The Bertz CT molecular complexity index is 800. The number of rotatable bonds is 3. The second-order valence-electron chi connectivity index (χ2n) is 5.81. The molecule has 0 saturated carbocycles. The quantitative estimate of drug-likeness (QED) is 0.737. The van der Waals surface area contributed by atoms with Gasteiger partial charge in [-0.1, -0.05) is 35.5 Å². The van der Waals surface area contributed by atoms with Crippen LogP contribution in [0.1, 0.15) is 30.3 Å². The van der Waals surface area contributed by atoms with Crippen LogP contribution in [0.5, 0.6) is 0 Å². The van der Waals surface area contributed by atoms with Crippen LogP contribution >= 0.6 is 0 Å². The average Bonchev–Trinajstić information content (AvgIpc) is 3.25. The highest BCUT2D eigenvalue weighted by atomic mass is 16.5. The minimum Gasteiger partial charge on any atom is -0.350 e. The van der Waals surface area contributed by atoms with Gasteiger partial charge in [0, 0.05) is 18.3 Å². The van der Waals surface area contributed by atoms with Gasteiger partial charge in [-0.25, -0.2) is 4.98 Å². The Morgan fingerprint density at radius 3 is 2.83 bits per heavy atom. The molecule has 1 saturated heterocycles. The maximum Gasteiger partial charge on any atom is 0.258 e. The lowest BCUT2D eigenvalue weighted by Gasteiger charge is -2.26. The molecule has 0 radical (unpaired) electrons. The molecular weight excluding hydrogens is 288 g/mol. The summed E-state index contributed by atoms with van der Waals surface area (Å²) in [6.45, 7) is 2.83. The van der Waals surface area contributed by atoms with Crippen LogP contribution in [0.15, 0.2) is 53.2 Å². The number of pyridine rings is 1. The molecule has 1 aliphatic heterocycles. The first-order valence-electron chi connectivity index (χ1n) is 7.89. The molecule has 1 aromatic carbocycles. The van der Waals surface area contributed by atoms with Crippen LogP contribution in [-0.2, 0) is 0 Å². The van der Waals surface area contributed by atoms with E-state index >= 15 is 0 Å². The lowest BCUT2D eigenvalue weighted by molar-refractivity contribution is 0.425. The fourth-order valence-electron chi connectivity index (χ4n) is 3.19. The van der Waals surface area contributed by atoms with Crippen molar-refractivity contribution in [3.8, 4) is 11.5 Å². The first-order chi connectivity index (χ1) is 11.3. The van der Waals surface area contributed by atoms with Crippen molar-refractivity contribution in [3.63, 3.8) is 0 Å². The highest BCUT2D eigenvalue weighted by molar-refractivity contribution is 5.59. The molecule has 0 N–H and O–H groups in total. The monoisotopic (exact) mass is 306 g/mol. The Balaban J connectivity index is 1.67. The molecule has 0 aliphatic carbocycles. The highest BCUT2D eigenvalue weighted by Crippen LogP contribution is 2.36. The first kappa shape index (κ1) is 13.9. The third-order valence-corrected chi connectivity index (χ3v) is 4.25. The minimum atomic E-state index is 0.378. The number of hydrogen-bond acceptors (Lipinski definition) is 5. The van der Waals surface area contributed by atoms with Gasteiger partial charge in [0.15, 0.2) is 5.82 Å². The van der Waals surface area contributed by atoms with E-state index in [1.54, 1.807) is 0 Å². The van der Waals surface area contributed by atoms with Gasteiger partial charge in [-0.3, -0.25) is 0 Å². The summed E-state index contributed by atoms with van der Waals surface area (Å²) < 4.78 is 5.27. The molecular formula is C18H18N4O. The maximum atomic E-state index is 5.27. The molecule has 116 valence electrons. The van der Waals surface area contributed by atoms with Gasteiger partial charge in [-0.15, -0.1) is 0 Å². The van der Waals surface area contributed by atoms with E-state index in [9.17, 15) is 0 Å². The summed E-state index contributed by atoms with van der Waals surface area (Å²) in [6, 6.07) is 14.9. The smallest absolute Gasteiger partial charge is 0.258 e. The van der Waals surface area contributed by atoms with E-state index in [2.05, 4.69) is 50.4 Å². The van der Waals surface area contributed by atoms with Gasteiger partial charge in [0.2, 0.25) is 0 Å². The summed E-state index contributed by atoms with van der Waals surface area (Å²) in [5.74, 6) is 2.15. The fourth-order valence-corrected chi connectivity index (χ4v) is 3.19. The molecule has 5 nitrogen and oxygen atoms in total. The summed E-state index contributed by atoms with van der Waals surface area (Å²) >= 11 is 0. The molecule has 1 atom stereocenters. The lowest BCUT2D eigenvalue weighted by atomic mass is 10.0. The van der Waals surface area contributed by atoms with E-state index in [-0.39, 0.29) is 0 Å². The Morgan fingerprint density at radius 1 is 1.17 bits per heavy atom. The van der Waals surface area contributed by atoms with Crippen molar-refractivity contribution in [2.24, 2.45) is 0 Å². The fraction of sp³-hybridized carbons (Fsp3) is 0.278. The molecule has 1 aliphatic rings. The predicted molar refractivity (Wildman–Crippen MR) is 88.0 cm³/mol. The molecule has 0 bridgehead atoms. The van der Waals surface area contributed by atoms with Crippen molar-refractivity contribution in [2.45, 2.75) is 25.8 Å². The van der Waals surface area contributed by atoms with Crippen molar-refractivity contribution < 1.29 is 4.52 Å². The van der Waals surface area contributed by atoms with Crippen molar-refractivity contribution in [1.82, 2.24) is 15.1 Å². The molecule has 0 spiro atoms. The highest BCUT2D eigenvalue weighted by Gasteiger charge is 2.27. The summed E-state index contributed by atoms with van der Waals surface area (Å²) in [5.41, 5.74) is 2.25. The van der Waals surface area contributed by atoms with E-state index in [1.807, 2.05) is 25.3 Å². The summed E-state index contributed by atoms with van der Waals surface area (Å²) in [5, 5.41) is 3.86. The van der Waals surface area contributed by atoms with Gasteiger partial charge in [-0.05, 0) is 37.5 Å². The van der Waals surface area contributed by atoms with E-state index in [1.165, 1.54) is 12.0 Å². The van der Waals surface area contributed by atoms with Crippen molar-refractivity contribution in [2.75, 3.05) is 11.4 Å². The Morgan fingerprint density at radius 2 is 2.04 bits per heavy atom. The standard InChI is InChI=1S/C18H18N4O/c1-13-20-18(23-21-13)15-9-10-19-17(12-15)22-11-5-8-16(22)14-6-3-2-4-7-14/h2-4,6-7,9-10,12,16H,5,8,11H2,1H3. The maximum absolute atomic E-state index is 5.27. The molecule has 5 heteroatoms. The van der Waals surface area contributed by atoms with Crippen LogP contribution < -0.4 is 4.90 Å². The molecule has 4 rings (SSSR count). The van der Waals surface area contributed by atoms with Crippen molar-refractivity contribution in [1.29, 1.82) is 0 Å². The summed E-state index contributed by atoms with van der Waals surface area (Å²) in [6.07, 6.45) is 4.13. The van der Waals surface area contributed by atoms with E-state index in [0.29, 0.717) is 17.8 Å². The molecule has 0 amide bonds. The normalized spacial score (nSPS) is 17.6. The van der Waals surface area contributed by atoms with Gasteiger partial charge >= 0.3 is 0 Å². The van der Waals surface area contributed by atoms with Crippen LogP contribution in [0.3, 0.4) is 0 Å². The number of anilines is 1. The molecule has 1 unspecified atom stereocenters. The minimum absolute atomic E-state index is 0.378. The number of aromatic nitrogens is 3. The number of hydrogen-bond donors (Lipinski definition) is 0. The van der Waals surface area contributed by atoms with Crippen LogP contribution in [0.25, 0.3) is 11.5 Å². The van der Waals surface area contributed by atoms with Gasteiger partial charge in [-0.2, -0.15) is 4.98 Å². The van der Waals surface area contributed by atoms with Gasteiger partial charge in [0.1, 0.15) is 5.82 Å². The molecule has 3 heterocycles. The Kier molecular flexibility index (Phi) is 3.54. The third-order valence-electron chi connectivity index (χ3n) is 4.25. The van der Waals surface area contributed by atoms with E-state index in [0.717, 1.165) is 24.3 Å². The SMILES string of the molecule is Cc1noc(-c2ccnc(N3CCCC3c3ccccc3)c2)n1. The second kappa shape index (κ2) is 5.83. The van der Waals surface area contributed by atoms with E-state index < -0.39 is 0 Å². The second-order valence-corrected chi connectivity index (χ2v) is 5.81. The molecule has 1 fully saturated rings. The van der Waals surface area contributed by atoms with Crippen LogP contribution in [-0.4, -0.2) is 21.7 Å². The van der Waals surface area contributed by atoms with Gasteiger partial charge < -0.3 is 9.42 Å². The Hall–Kier alpha value is -2.69. The van der Waals surface area contributed by atoms with Gasteiger partial charge in [0.25, 0.3) is 5.89 Å². The predicted octanol–water partition coefficient (Wildman–Crippen LogP) is 3.78. The van der Waals surface area contributed by atoms with Crippen molar-refractivity contribution in [3.05, 3.63) is 60.0 Å². The van der Waals surface area contributed by atoms with Crippen LogP contribution in [0.2, 0.25) is 0 Å². The first-order valence-corrected chi connectivity index (χ1v) is 7.89.